The predicted octanol–water partition coefficient (Wildman–Crippen LogP) is 2.90. The molecule has 3 aromatic rings. The fourth-order valence-corrected chi connectivity index (χ4v) is 2.42. The van der Waals surface area contributed by atoms with Gasteiger partial charge in [0.2, 0.25) is 0 Å². The summed E-state index contributed by atoms with van der Waals surface area (Å²) in [7, 11) is 0. The minimum atomic E-state index is -0.0790. The molecule has 3 rings (SSSR count). The Morgan fingerprint density at radius 1 is 1.00 bits per heavy atom. The molecule has 1 unspecified atom stereocenters. The minimum Gasteiger partial charge on any atom is -0.394 e. The topological polar surface area (TPSA) is 60.9 Å². The Labute approximate surface area is 129 Å². The molecule has 0 fully saturated rings. The van der Waals surface area contributed by atoms with E-state index >= 15 is 0 Å². The highest BCUT2D eigenvalue weighted by Gasteiger charge is 2.10. The van der Waals surface area contributed by atoms with Crippen LogP contribution in [-0.4, -0.2) is 21.9 Å². The molecule has 112 valence electrons. The van der Waals surface area contributed by atoms with Crippen LogP contribution in [0.3, 0.4) is 0 Å². The number of aromatic amines is 1. The highest BCUT2D eigenvalue weighted by Crippen LogP contribution is 2.17. The van der Waals surface area contributed by atoms with Crippen LogP contribution >= 0.6 is 0 Å². The second-order valence-corrected chi connectivity index (χ2v) is 5.17. The molecule has 1 atom stereocenters. The van der Waals surface area contributed by atoms with Gasteiger partial charge in [0.15, 0.2) is 0 Å². The smallest absolute Gasteiger partial charge is 0.0924 e. The Morgan fingerprint density at radius 3 is 2.36 bits per heavy atom. The predicted molar refractivity (Wildman–Crippen MR) is 87.1 cm³/mol. The molecule has 0 amide bonds. The molecule has 0 saturated heterocycles. The van der Waals surface area contributed by atoms with Gasteiger partial charge in [0.25, 0.3) is 0 Å². The first-order valence-electron chi connectivity index (χ1n) is 7.35. The van der Waals surface area contributed by atoms with E-state index in [0.29, 0.717) is 6.54 Å². The Balaban J connectivity index is 1.65. The van der Waals surface area contributed by atoms with Crippen molar-refractivity contribution in [2.45, 2.75) is 12.6 Å². The van der Waals surface area contributed by atoms with Gasteiger partial charge in [-0.15, -0.1) is 0 Å². The van der Waals surface area contributed by atoms with Crippen molar-refractivity contribution >= 4 is 0 Å². The molecule has 0 saturated carbocycles. The van der Waals surface area contributed by atoms with Crippen molar-refractivity contribution < 1.29 is 5.11 Å². The molecule has 0 aliphatic heterocycles. The van der Waals surface area contributed by atoms with Crippen LogP contribution in [0.4, 0.5) is 0 Å². The van der Waals surface area contributed by atoms with Gasteiger partial charge in [0.1, 0.15) is 0 Å². The van der Waals surface area contributed by atoms with Crippen molar-refractivity contribution in [2.75, 3.05) is 6.61 Å². The fourth-order valence-electron chi connectivity index (χ4n) is 2.42. The molecular weight excluding hydrogens is 274 g/mol. The third-order valence-electron chi connectivity index (χ3n) is 3.62. The maximum Gasteiger partial charge on any atom is 0.0924 e. The van der Waals surface area contributed by atoms with Gasteiger partial charge in [-0.25, -0.2) is 0 Å². The van der Waals surface area contributed by atoms with Crippen LogP contribution in [0.5, 0.6) is 0 Å². The van der Waals surface area contributed by atoms with Crippen molar-refractivity contribution in [3.05, 3.63) is 78.0 Å². The van der Waals surface area contributed by atoms with Crippen molar-refractivity contribution in [1.29, 1.82) is 0 Å². The lowest BCUT2D eigenvalue weighted by Crippen LogP contribution is -2.24. The molecule has 4 nitrogen and oxygen atoms in total. The van der Waals surface area contributed by atoms with E-state index in [4.69, 9.17) is 0 Å². The van der Waals surface area contributed by atoms with Gasteiger partial charge in [-0.1, -0.05) is 60.7 Å². The van der Waals surface area contributed by atoms with E-state index in [9.17, 15) is 5.11 Å². The largest absolute Gasteiger partial charge is 0.394 e. The van der Waals surface area contributed by atoms with Gasteiger partial charge >= 0.3 is 0 Å². The molecule has 0 spiro atoms. The van der Waals surface area contributed by atoms with E-state index in [0.717, 1.165) is 22.5 Å². The van der Waals surface area contributed by atoms with Crippen molar-refractivity contribution in [1.82, 2.24) is 15.5 Å². The number of hydrogen-bond donors (Lipinski definition) is 3. The van der Waals surface area contributed by atoms with Crippen LogP contribution in [-0.2, 0) is 6.54 Å². The molecule has 0 aliphatic rings. The number of nitrogens with zero attached hydrogens (tertiary/aromatic N) is 1. The first kappa shape index (κ1) is 14.5. The SMILES string of the molecule is OCC(NCc1cc(-c2ccccc2)n[nH]1)c1ccccc1. The van der Waals surface area contributed by atoms with E-state index in [-0.39, 0.29) is 12.6 Å². The van der Waals surface area contributed by atoms with Crippen LogP contribution < -0.4 is 5.32 Å². The number of benzene rings is 2. The fraction of sp³-hybridized carbons (Fsp3) is 0.167. The zero-order valence-corrected chi connectivity index (χ0v) is 12.2. The Bertz CT molecular complexity index is 695. The molecule has 3 N–H and O–H groups in total. The highest BCUT2D eigenvalue weighted by molar-refractivity contribution is 5.58. The summed E-state index contributed by atoms with van der Waals surface area (Å²) >= 11 is 0. The van der Waals surface area contributed by atoms with Gasteiger partial charge in [-0.05, 0) is 11.6 Å². The average molecular weight is 293 g/mol. The quantitative estimate of drug-likeness (QED) is 0.655. The van der Waals surface area contributed by atoms with Gasteiger partial charge < -0.3 is 10.4 Å². The minimum absolute atomic E-state index is 0.0592. The van der Waals surface area contributed by atoms with Crippen LogP contribution in [0.2, 0.25) is 0 Å². The third kappa shape index (κ3) is 3.42. The summed E-state index contributed by atoms with van der Waals surface area (Å²) in [5.41, 5.74) is 4.09. The van der Waals surface area contributed by atoms with Gasteiger partial charge in [0, 0.05) is 17.8 Å². The summed E-state index contributed by atoms with van der Waals surface area (Å²) in [6.45, 7) is 0.684. The number of hydrogen-bond acceptors (Lipinski definition) is 3. The lowest BCUT2D eigenvalue weighted by Gasteiger charge is -2.15. The summed E-state index contributed by atoms with van der Waals surface area (Å²) in [5.74, 6) is 0. The molecule has 22 heavy (non-hydrogen) atoms. The van der Waals surface area contributed by atoms with Crippen molar-refractivity contribution in [3.8, 4) is 11.3 Å². The normalized spacial score (nSPS) is 12.2. The molecule has 1 heterocycles. The summed E-state index contributed by atoms with van der Waals surface area (Å²) in [4.78, 5) is 0. The summed E-state index contributed by atoms with van der Waals surface area (Å²) in [5, 5.41) is 20.3. The Hall–Kier alpha value is -2.43. The monoisotopic (exact) mass is 293 g/mol. The van der Waals surface area contributed by atoms with Gasteiger partial charge in [-0.3, -0.25) is 5.10 Å². The van der Waals surface area contributed by atoms with Crippen LogP contribution in [0, 0.1) is 0 Å². The van der Waals surface area contributed by atoms with Gasteiger partial charge in [0.05, 0.1) is 18.3 Å². The molecule has 1 aromatic heterocycles. The van der Waals surface area contributed by atoms with E-state index in [1.165, 1.54) is 0 Å². The first-order chi connectivity index (χ1) is 10.9. The number of aliphatic hydroxyl groups is 1. The lowest BCUT2D eigenvalue weighted by molar-refractivity contribution is 0.243. The molecular formula is C18H19N3O. The second-order valence-electron chi connectivity index (χ2n) is 5.17. The van der Waals surface area contributed by atoms with E-state index in [1.54, 1.807) is 0 Å². The lowest BCUT2D eigenvalue weighted by atomic mass is 10.1. The maximum absolute atomic E-state index is 9.55. The summed E-state index contributed by atoms with van der Waals surface area (Å²) in [6, 6.07) is 22.0. The van der Waals surface area contributed by atoms with E-state index in [2.05, 4.69) is 15.5 Å². The number of aromatic nitrogens is 2. The second kappa shape index (κ2) is 7.02. The number of nitrogens with one attached hydrogen (secondary N) is 2. The molecule has 0 bridgehead atoms. The zero-order chi connectivity index (χ0) is 15.2. The van der Waals surface area contributed by atoms with E-state index in [1.807, 2.05) is 66.7 Å². The number of rotatable bonds is 6. The summed E-state index contributed by atoms with van der Waals surface area (Å²) < 4.78 is 0. The average Bonchev–Trinajstić information content (AvgIpc) is 3.06. The van der Waals surface area contributed by atoms with Crippen molar-refractivity contribution in [2.24, 2.45) is 0 Å². The van der Waals surface area contributed by atoms with Crippen LogP contribution in [0.1, 0.15) is 17.3 Å². The standard InChI is InChI=1S/C18H19N3O/c22-13-18(15-9-5-2-6-10-15)19-12-16-11-17(21-20-16)14-7-3-1-4-8-14/h1-11,18-19,22H,12-13H2,(H,20,21). The third-order valence-corrected chi connectivity index (χ3v) is 3.62. The first-order valence-corrected chi connectivity index (χ1v) is 7.35. The van der Waals surface area contributed by atoms with Crippen molar-refractivity contribution in [3.63, 3.8) is 0 Å². The number of aliphatic hydroxyl groups excluding tert-OH is 1. The Kier molecular flexibility index (Phi) is 4.63. The van der Waals surface area contributed by atoms with Crippen LogP contribution in [0.15, 0.2) is 66.7 Å². The highest BCUT2D eigenvalue weighted by atomic mass is 16.3. The maximum atomic E-state index is 9.55. The molecule has 4 heteroatoms. The summed E-state index contributed by atoms with van der Waals surface area (Å²) in [6.07, 6.45) is 0. The molecule has 2 aromatic carbocycles. The zero-order valence-electron chi connectivity index (χ0n) is 12.2. The molecule has 0 aliphatic carbocycles. The Morgan fingerprint density at radius 2 is 1.68 bits per heavy atom. The van der Waals surface area contributed by atoms with E-state index < -0.39 is 0 Å². The van der Waals surface area contributed by atoms with Gasteiger partial charge in [-0.2, -0.15) is 5.10 Å². The number of H-pyrrole nitrogens is 1. The molecule has 0 radical (unpaired) electrons. The van der Waals surface area contributed by atoms with Crippen LogP contribution in [0.25, 0.3) is 11.3 Å².